The fourth-order valence-corrected chi connectivity index (χ4v) is 5.39. The average Bonchev–Trinajstić information content (AvgIpc) is 2.85. The quantitative estimate of drug-likeness (QED) is 0.506. The number of carbonyl (C=O) groups excluding carboxylic acids is 1. The first-order valence-corrected chi connectivity index (χ1v) is 12.3. The summed E-state index contributed by atoms with van der Waals surface area (Å²) in [6.07, 6.45) is 4.96. The number of fused-ring (bicyclic) bond motifs is 3. The average molecular weight is 461 g/mol. The summed E-state index contributed by atoms with van der Waals surface area (Å²) in [7, 11) is 0. The molecule has 34 heavy (non-hydrogen) atoms. The van der Waals surface area contributed by atoms with Gasteiger partial charge in [-0.3, -0.25) is 9.69 Å². The van der Waals surface area contributed by atoms with E-state index in [4.69, 9.17) is 9.15 Å². The molecule has 3 heterocycles. The molecular weight excluding hydrogens is 428 g/mol. The minimum Gasteiger partial charge on any atom is -0.489 e. The largest absolute Gasteiger partial charge is 0.489 e. The van der Waals surface area contributed by atoms with Crippen LogP contribution in [0.4, 0.5) is 5.69 Å². The van der Waals surface area contributed by atoms with Crippen molar-refractivity contribution >= 4 is 22.6 Å². The Kier molecular flexibility index (Phi) is 6.42. The van der Waals surface area contributed by atoms with E-state index in [0.29, 0.717) is 48.8 Å². The van der Waals surface area contributed by atoms with Crippen molar-refractivity contribution in [2.24, 2.45) is 0 Å². The molecule has 0 N–H and O–H groups in total. The zero-order valence-electron chi connectivity index (χ0n) is 20.0. The van der Waals surface area contributed by atoms with Crippen LogP contribution in [0, 0.1) is 0 Å². The number of rotatable bonds is 5. The molecule has 6 heteroatoms. The Balaban J connectivity index is 1.44. The normalized spacial score (nSPS) is 20.8. The second kappa shape index (κ2) is 9.63. The summed E-state index contributed by atoms with van der Waals surface area (Å²) in [6, 6.07) is 16.3. The van der Waals surface area contributed by atoms with E-state index in [1.165, 1.54) is 6.42 Å². The van der Waals surface area contributed by atoms with Gasteiger partial charge in [-0.15, -0.1) is 0 Å². The fourth-order valence-electron chi connectivity index (χ4n) is 5.39. The molecule has 2 aromatic carbocycles. The van der Waals surface area contributed by atoms with Crippen molar-refractivity contribution in [2.45, 2.75) is 64.6 Å². The van der Waals surface area contributed by atoms with Gasteiger partial charge in [-0.1, -0.05) is 36.8 Å². The van der Waals surface area contributed by atoms with Gasteiger partial charge in [-0.2, -0.15) is 0 Å². The highest BCUT2D eigenvalue weighted by Gasteiger charge is 2.32. The van der Waals surface area contributed by atoms with E-state index in [9.17, 15) is 9.59 Å². The molecule has 0 saturated carbocycles. The Hall–Kier alpha value is -3.12. The number of ether oxygens (including phenoxy) is 1. The fraction of sp³-hybridized carbons (Fsp3) is 0.429. The van der Waals surface area contributed by atoms with Crippen LogP contribution >= 0.6 is 0 Å². The lowest BCUT2D eigenvalue weighted by atomic mass is 9.96. The van der Waals surface area contributed by atoms with Gasteiger partial charge in [-0.05, 0) is 68.9 Å². The van der Waals surface area contributed by atoms with E-state index in [0.717, 1.165) is 42.2 Å². The molecule has 0 spiro atoms. The van der Waals surface area contributed by atoms with Crippen LogP contribution in [-0.4, -0.2) is 36.0 Å². The molecule has 5 rings (SSSR count). The molecule has 1 fully saturated rings. The van der Waals surface area contributed by atoms with Gasteiger partial charge < -0.3 is 14.1 Å². The number of hydrogen-bond acceptors (Lipinski definition) is 5. The minimum absolute atomic E-state index is 0.0234. The van der Waals surface area contributed by atoms with Crippen LogP contribution in [0.25, 0.3) is 11.0 Å². The summed E-state index contributed by atoms with van der Waals surface area (Å²) in [5.41, 5.74) is 2.47. The SMILES string of the molecule is C[C@@H]1CCC[C@@H](C)N1CC(=O)N1CCCc2c1c(=O)oc1ccc(OCc3ccccc3)cc21. The number of aryl methyl sites for hydroxylation is 1. The van der Waals surface area contributed by atoms with E-state index < -0.39 is 5.63 Å². The molecule has 1 aromatic heterocycles. The van der Waals surface area contributed by atoms with Crippen molar-refractivity contribution in [3.63, 3.8) is 0 Å². The highest BCUT2D eigenvalue weighted by atomic mass is 16.5. The summed E-state index contributed by atoms with van der Waals surface area (Å²) >= 11 is 0. The van der Waals surface area contributed by atoms with E-state index in [1.807, 2.05) is 42.5 Å². The molecule has 6 nitrogen and oxygen atoms in total. The zero-order chi connectivity index (χ0) is 23.7. The number of amides is 1. The number of benzene rings is 2. The molecule has 1 saturated heterocycles. The zero-order valence-corrected chi connectivity index (χ0v) is 20.0. The first-order valence-electron chi connectivity index (χ1n) is 12.3. The smallest absolute Gasteiger partial charge is 0.360 e. The highest BCUT2D eigenvalue weighted by Crippen LogP contribution is 2.33. The lowest BCUT2D eigenvalue weighted by molar-refractivity contribution is -0.121. The number of anilines is 1. The maximum absolute atomic E-state index is 13.4. The summed E-state index contributed by atoms with van der Waals surface area (Å²) in [5, 5.41) is 0.845. The van der Waals surface area contributed by atoms with Crippen molar-refractivity contribution in [3.8, 4) is 5.75 Å². The first-order chi connectivity index (χ1) is 16.5. The third-order valence-electron chi connectivity index (χ3n) is 7.28. The topological polar surface area (TPSA) is 63.0 Å². The minimum atomic E-state index is -0.437. The molecule has 0 unspecified atom stereocenters. The monoisotopic (exact) mass is 460 g/mol. The van der Waals surface area contributed by atoms with Crippen molar-refractivity contribution < 1.29 is 13.9 Å². The van der Waals surface area contributed by atoms with Crippen LogP contribution in [0.15, 0.2) is 57.7 Å². The van der Waals surface area contributed by atoms with Crippen molar-refractivity contribution in [1.82, 2.24) is 4.90 Å². The molecule has 2 atom stereocenters. The van der Waals surface area contributed by atoms with Crippen LogP contribution in [0.2, 0.25) is 0 Å². The van der Waals surface area contributed by atoms with E-state index in [2.05, 4.69) is 18.7 Å². The third kappa shape index (κ3) is 4.47. The third-order valence-corrected chi connectivity index (χ3v) is 7.28. The molecule has 178 valence electrons. The molecule has 0 bridgehead atoms. The molecule has 3 aromatic rings. The lowest BCUT2D eigenvalue weighted by Crippen LogP contribution is -2.51. The van der Waals surface area contributed by atoms with Crippen molar-refractivity contribution in [3.05, 3.63) is 70.1 Å². The van der Waals surface area contributed by atoms with Crippen molar-refractivity contribution in [2.75, 3.05) is 18.0 Å². The number of hydrogen-bond donors (Lipinski definition) is 0. The standard InChI is InChI=1S/C28H32N2O4/c1-19-8-6-9-20(2)30(19)17-26(31)29-15-7-12-23-24-16-22(33-18-21-10-4-3-5-11-21)13-14-25(24)34-28(32)27(23)29/h3-5,10-11,13-14,16,19-20H,6-9,12,15,17-18H2,1-2H3/t19-,20-/m1/s1. The summed E-state index contributed by atoms with van der Waals surface area (Å²) in [5.74, 6) is 0.691. The van der Waals surface area contributed by atoms with Gasteiger partial charge in [-0.25, -0.2) is 4.79 Å². The van der Waals surface area contributed by atoms with Gasteiger partial charge in [0.05, 0.1) is 6.54 Å². The number of carbonyl (C=O) groups is 1. The van der Waals surface area contributed by atoms with Crippen LogP contribution in [0.5, 0.6) is 5.75 Å². The first kappa shape index (κ1) is 22.7. The molecule has 0 radical (unpaired) electrons. The van der Waals surface area contributed by atoms with Crippen molar-refractivity contribution in [1.29, 1.82) is 0 Å². The van der Waals surface area contributed by atoms with E-state index in [-0.39, 0.29) is 5.91 Å². The highest BCUT2D eigenvalue weighted by molar-refractivity contribution is 5.98. The second-order valence-electron chi connectivity index (χ2n) is 9.60. The van der Waals surface area contributed by atoms with Gasteiger partial charge in [0.2, 0.25) is 5.91 Å². The second-order valence-corrected chi connectivity index (χ2v) is 9.60. The van der Waals surface area contributed by atoms with Gasteiger partial charge in [0, 0.05) is 24.0 Å². The van der Waals surface area contributed by atoms with Crippen LogP contribution in [-0.2, 0) is 17.8 Å². The predicted molar refractivity (Wildman–Crippen MR) is 133 cm³/mol. The maximum atomic E-state index is 13.4. The molecule has 2 aliphatic heterocycles. The Morgan fingerprint density at radius 3 is 2.59 bits per heavy atom. The molecule has 0 aliphatic carbocycles. The lowest BCUT2D eigenvalue weighted by Gasteiger charge is -2.40. The summed E-state index contributed by atoms with van der Waals surface area (Å²) in [6.45, 7) is 5.71. The molecular formula is C28H32N2O4. The maximum Gasteiger partial charge on any atom is 0.360 e. The van der Waals surface area contributed by atoms with Gasteiger partial charge in [0.15, 0.2) is 0 Å². The Morgan fingerprint density at radius 2 is 1.82 bits per heavy atom. The number of likely N-dealkylation sites (tertiary alicyclic amines) is 1. The van der Waals surface area contributed by atoms with Crippen LogP contribution < -0.4 is 15.3 Å². The Morgan fingerprint density at radius 1 is 1.06 bits per heavy atom. The van der Waals surface area contributed by atoms with Crippen LogP contribution in [0.3, 0.4) is 0 Å². The summed E-state index contributed by atoms with van der Waals surface area (Å²) < 4.78 is 11.7. The van der Waals surface area contributed by atoms with E-state index in [1.54, 1.807) is 11.0 Å². The molecule has 2 aliphatic rings. The Labute approximate surface area is 200 Å². The number of piperidine rings is 1. The van der Waals surface area contributed by atoms with Gasteiger partial charge in [0.1, 0.15) is 23.6 Å². The van der Waals surface area contributed by atoms with Crippen LogP contribution in [0.1, 0.15) is 50.7 Å². The predicted octanol–water partition coefficient (Wildman–Crippen LogP) is 4.91. The summed E-state index contributed by atoms with van der Waals surface area (Å²) in [4.78, 5) is 30.4. The van der Waals surface area contributed by atoms with Gasteiger partial charge in [0.25, 0.3) is 0 Å². The molecule has 1 amide bonds. The van der Waals surface area contributed by atoms with Gasteiger partial charge >= 0.3 is 5.63 Å². The van der Waals surface area contributed by atoms with E-state index >= 15 is 0 Å². The number of nitrogens with zero attached hydrogens (tertiary/aromatic N) is 2. The Bertz CT molecular complexity index is 1230.